The molecule has 25 heavy (non-hydrogen) atoms. The first-order valence-corrected chi connectivity index (χ1v) is 7.88. The van der Waals surface area contributed by atoms with Crippen molar-refractivity contribution in [1.29, 1.82) is 0 Å². The number of fused-ring (bicyclic) bond motifs is 1. The number of anilines is 1. The lowest BCUT2D eigenvalue weighted by atomic mass is 10.1. The van der Waals surface area contributed by atoms with Crippen molar-refractivity contribution in [3.8, 4) is 0 Å². The van der Waals surface area contributed by atoms with Gasteiger partial charge in [-0.2, -0.15) is 0 Å². The molecule has 1 aliphatic heterocycles. The number of hydrogen-bond acceptors (Lipinski definition) is 8. The van der Waals surface area contributed by atoms with Crippen molar-refractivity contribution in [2.45, 2.75) is 50.5 Å². The van der Waals surface area contributed by atoms with Crippen LogP contribution in [0.15, 0.2) is 11.1 Å². The predicted octanol–water partition coefficient (Wildman–Crippen LogP) is -2.85. The minimum absolute atomic E-state index is 0.125. The van der Waals surface area contributed by atoms with Crippen LogP contribution < -0.4 is 15.9 Å². The first kappa shape index (κ1) is 17.8. The van der Waals surface area contributed by atoms with Crippen LogP contribution in [0.4, 0.5) is 5.95 Å². The average Bonchev–Trinajstić information content (AvgIpc) is 3.05. The third kappa shape index (κ3) is 2.79. The molecule has 0 amide bonds. The Kier molecular flexibility index (Phi) is 4.51. The largest absolute Gasteiger partial charge is 0.394 e. The third-order valence-corrected chi connectivity index (χ3v) is 4.57. The summed E-state index contributed by atoms with van der Waals surface area (Å²) < 4.78 is 8.37. The Labute approximate surface area is 141 Å². The highest BCUT2D eigenvalue weighted by molar-refractivity contribution is 5.67. The highest BCUT2D eigenvalue weighted by Crippen LogP contribution is 2.27. The molecule has 0 saturated carbocycles. The molecule has 2 aromatic heterocycles. The lowest BCUT2D eigenvalue weighted by molar-refractivity contribution is -0.746. The van der Waals surface area contributed by atoms with E-state index in [2.05, 4.69) is 9.97 Å². The van der Waals surface area contributed by atoms with E-state index in [1.54, 1.807) is 13.8 Å². The molecule has 2 aromatic rings. The smallest absolute Gasteiger partial charge is 0.313 e. The number of nitrogens with one attached hydrogen (secondary N) is 1. The summed E-state index contributed by atoms with van der Waals surface area (Å²) in [5.74, 6) is -0.125. The van der Waals surface area contributed by atoms with E-state index >= 15 is 0 Å². The second kappa shape index (κ2) is 6.35. The molecule has 1 fully saturated rings. The molecule has 1 saturated heterocycles. The Morgan fingerprint density at radius 3 is 2.68 bits per heavy atom. The van der Waals surface area contributed by atoms with Crippen molar-refractivity contribution < 1.29 is 29.7 Å². The Morgan fingerprint density at radius 2 is 2.12 bits per heavy atom. The second-order valence-electron chi connectivity index (χ2n) is 6.26. The molecule has 0 aliphatic carbocycles. The Bertz CT molecular complexity index is 833. The van der Waals surface area contributed by atoms with Crippen LogP contribution in [-0.2, 0) is 4.74 Å². The predicted molar refractivity (Wildman–Crippen MR) is 84.4 cm³/mol. The molecule has 6 atom stereocenters. The standard InChI is InChI=1S/C14H21N5O6/c1-5(6(2)21)18-4-19(11-8(18)12(24)17-14(15)16-11)13-10(23)9(22)7(3-20)25-13/h4-7,9-10,13,20-23H,3H2,1-2H3,(H2-,15,16,17,24)/p+1/t5?,6?,7-,9-,10-,13-/m1/s1. The minimum Gasteiger partial charge on any atom is -0.394 e. The van der Waals surface area contributed by atoms with E-state index in [0.717, 1.165) is 0 Å². The lowest BCUT2D eigenvalue weighted by Gasteiger charge is -2.14. The number of aliphatic hydroxyl groups is 4. The first-order chi connectivity index (χ1) is 11.8. The van der Waals surface area contributed by atoms with Gasteiger partial charge < -0.3 is 30.9 Å². The van der Waals surface area contributed by atoms with Crippen LogP contribution in [0.1, 0.15) is 26.1 Å². The van der Waals surface area contributed by atoms with Gasteiger partial charge in [-0.05, 0) is 13.8 Å². The summed E-state index contributed by atoms with van der Waals surface area (Å²) in [6.07, 6.45) is -4.00. The summed E-state index contributed by atoms with van der Waals surface area (Å²) in [5.41, 5.74) is 5.38. The summed E-state index contributed by atoms with van der Waals surface area (Å²) in [6, 6.07) is -0.479. The molecule has 2 unspecified atom stereocenters. The van der Waals surface area contributed by atoms with Crippen LogP contribution in [-0.4, -0.2) is 66.0 Å². The molecular formula is C14H22N5O6+. The van der Waals surface area contributed by atoms with Crippen LogP contribution in [0, 0.1) is 0 Å². The quantitative estimate of drug-likeness (QED) is 0.318. The third-order valence-electron chi connectivity index (χ3n) is 4.57. The SMILES string of the molecule is CC(O)C(C)n1c[n+]([C@@H]2O[C@H](CO)[C@@H](O)[C@H]2O)c2nc(N)[nH]c(=O)c21. The molecule has 3 heterocycles. The number of nitrogens with zero attached hydrogens (tertiary/aromatic N) is 3. The van der Waals surface area contributed by atoms with E-state index in [0.29, 0.717) is 0 Å². The van der Waals surface area contributed by atoms with Crippen molar-refractivity contribution in [3.63, 3.8) is 0 Å². The molecule has 11 nitrogen and oxygen atoms in total. The van der Waals surface area contributed by atoms with E-state index < -0.39 is 48.9 Å². The second-order valence-corrected chi connectivity index (χ2v) is 6.26. The Morgan fingerprint density at radius 1 is 1.44 bits per heavy atom. The van der Waals surface area contributed by atoms with E-state index in [-0.39, 0.29) is 17.1 Å². The van der Waals surface area contributed by atoms with Crippen molar-refractivity contribution in [1.82, 2.24) is 14.5 Å². The number of rotatable bonds is 4. The molecule has 1 aliphatic rings. The van der Waals surface area contributed by atoms with Crippen LogP contribution in [0.2, 0.25) is 0 Å². The molecule has 0 bridgehead atoms. The molecule has 0 aromatic carbocycles. The van der Waals surface area contributed by atoms with Crippen molar-refractivity contribution in [3.05, 3.63) is 16.7 Å². The van der Waals surface area contributed by atoms with Crippen LogP contribution >= 0.6 is 0 Å². The van der Waals surface area contributed by atoms with Crippen molar-refractivity contribution in [2.75, 3.05) is 12.3 Å². The highest BCUT2D eigenvalue weighted by atomic mass is 16.6. The van der Waals surface area contributed by atoms with E-state index in [9.17, 15) is 25.2 Å². The summed E-state index contributed by atoms with van der Waals surface area (Å²) in [7, 11) is 0. The fraction of sp³-hybridized carbons (Fsp3) is 0.643. The number of ether oxygens (including phenoxy) is 1. The summed E-state index contributed by atoms with van der Waals surface area (Å²) in [6.45, 7) is 2.81. The van der Waals surface area contributed by atoms with Gasteiger partial charge >= 0.3 is 5.65 Å². The van der Waals surface area contributed by atoms with Crippen LogP contribution in [0.5, 0.6) is 0 Å². The average molecular weight is 356 g/mol. The van der Waals surface area contributed by atoms with Crippen molar-refractivity contribution in [2.24, 2.45) is 0 Å². The molecule has 7 N–H and O–H groups in total. The van der Waals surface area contributed by atoms with Crippen LogP contribution in [0.3, 0.4) is 0 Å². The monoisotopic (exact) mass is 356 g/mol. The number of nitrogen functional groups attached to an aromatic ring is 1. The fourth-order valence-corrected chi connectivity index (χ4v) is 2.97. The van der Waals surface area contributed by atoms with E-state index in [1.807, 2.05) is 0 Å². The van der Waals surface area contributed by atoms with Gasteiger partial charge in [0.25, 0.3) is 11.5 Å². The zero-order chi connectivity index (χ0) is 18.5. The number of hydrogen-bond donors (Lipinski definition) is 6. The molecule has 11 heteroatoms. The zero-order valence-corrected chi connectivity index (χ0v) is 13.8. The number of H-pyrrole nitrogens is 1. The maximum Gasteiger partial charge on any atom is 0.313 e. The molecule has 138 valence electrons. The Hall–Kier alpha value is -2.05. The van der Waals surface area contributed by atoms with Gasteiger partial charge in [-0.1, -0.05) is 4.98 Å². The topological polar surface area (TPSA) is 171 Å². The van der Waals surface area contributed by atoms with E-state index in [4.69, 9.17) is 10.5 Å². The molecule has 0 spiro atoms. The highest BCUT2D eigenvalue weighted by Gasteiger charge is 2.47. The lowest BCUT2D eigenvalue weighted by Crippen LogP contribution is -2.46. The number of nitrogens with two attached hydrogens (primary N) is 1. The van der Waals surface area contributed by atoms with Gasteiger partial charge in [0.1, 0.15) is 24.4 Å². The number of imidazole rings is 1. The van der Waals surface area contributed by atoms with Gasteiger partial charge in [-0.25, -0.2) is 4.57 Å². The normalized spacial score (nSPS) is 29.2. The number of aliphatic hydroxyl groups excluding tert-OH is 4. The van der Waals surface area contributed by atoms with Gasteiger partial charge in [-0.15, -0.1) is 0 Å². The maximum atomic E-state index is 12.4. The molecule has 0 radical (unpaired) electrons. The van der Waals surface area contributed by atoms with Gasteiger partial charge in [0, 0.05) is 0 Å². The Balaban J connectivity index is 2.21. The molecular weight excluding hydrogens is 334 g/mol. The van der Waals surface area contributed by atoms with Crippen LogP contribution in [0.25, 0.3) is 11.2 Å². The van der Waals surface area contributed by atoms with Gasteiger partial charge in [0.05, 0.1) is 12.7 Å². The van der Waals surface area contributed by atoms with E-state index in [1.165, 1.54) is 15.5 Å². The molecule has 3 rings (SSSR count). The summed E-state index contributed by atoms with van der Waals surface area (Å²) in [4.78, 5) is 18.9. The number of aromatic amines is 1. The zero-order valence-electron chi connectivity index (χ0n) is 13.8. The van der Waals surface area contributed by atoms with Crippen molar-refractivity contribution >= 4 is 17.1 Å². The summed E-state index contributed by atoms with van der Waals surface area (Å²) >= 11 is 0. The summed E-state index contributed by atoms with van der Waals surface area (Å²) in [5, 5.41) is 39.4. The minimum atomic E-state index is -1.34. The number of aromatic nitrogens is 4. The fourth-order valence-electron chi connectivity index (χ4n) is 2.97. The first-order valence-electron chi connectivity index (χ1n) is 7.88. The maximum absolute atomic E-state index is 12.4. The van der Waals surface area contributed by atoms with Gasteiger partial charge in [0.2, 0.25) is 11.7 Å². The van der Waals surface area contributed by atoms with Gasteiger partial charge in [0.15, 0.2) is 6.33 Å². The van der Waals surface area contributed by atoms with Gasteiger partial charge in [-0.3, -0.25) is 14.3 Å².